The van der Waals surface area contributed by atoms with Crippen molar-refractivity contribution in [3.8, 4) is 11.5 Å². The minimum atomic E-state index is -0.412. The number of aliphatic hydroxyl groups is 1. The highest BCUT2D eigenvalue weighted by Gasteiger charge is 2.31. The minimum absolute atomic E-state index is 0.00753. The van der Waals surface area contributed by atoms with Gasteiger partial charge < -0.3 is 30.1 Å². The second kappa shape index (κ2) is 14.0. The van der Waals surface area contributed by atoms with Crippen molar-refractivity contribution in [1.29, 1.82) is 0 Å². The lowest BCUT2D eigenvalue weighted by atomic mass is 10.0. The zero-order chi connectivity index (χ0) is 29.4. The van der Waals surface area contributed by atoms with Crippen LogP contribution in [0.3, 0.4) is 0 Å². The molecule has 3 aromatic rings. The number of urea groups is 1. The third-order valence-corrected chi connectivity index (χ3v) is 7.22. The van der Waals surface area contributed by atoms with E-state index in [0.717, 1.165) is 12.1 Å². The number of ether oxygens (including phenoxy) is 2. The van der Waals surface area contributed by atoms with Gasteiger partial charge in [0.05, 0.1) is 26.2 Å². The Balaban J connectivity index is 1.54. The first kappa shape index (κ1) is 29.8. The molecule has 0 spiro atoms. The van der Waals surface area contributed by atoms with E-state index in [2.05, 4.69) is 27.4 Å². The Kier molecular flexibility index (Phi) is 10.2. The number of carbonyl (C=O) groups excluding carboxylic acids is 2. The average Bonchev–Trinajstić information content (AvgIpc) is 3.01. The van der Waals surface area contributed by atoms with Crippen molar-refractivity contribution in [2.24, 2.45) is 5.92 Å². The first-order valence-corrected chi connectivity index (χ1v) is 13.7. The van der Waals surface area contributed by atoms with Gasteiger partial charge in [0.15, 0.2) is 0 Å². The number of carbonyl (C=O) groups is 2. The van der Waals surface area contributed by atoms with E-state index in [1.54, 1.807) is 66.9 Å². The number of benzene rings is 2. The molecule has 10 nitrogen and oxygen atoms in total. The van der Waals surface area contributed by atoms with Gasteiger partial charge >= 0.3 is 6.03 Å². The quantitative estimate of drug-likeness (QED) is 0.361. The van der Waals surface area contributed by atoms with Gasteiger partial charge in [0.1, 0.15) is 17.6 Å². The number of nitrogens with zero attached hydrogens (tertiary/aromatic N) is 3. The number of rotatable bonds is 9. The number of aliphatic hydroxyl groups excluding tert-OH is 1. The van der Waals surface area contributed by atoms with Gasteiger partial charge in [-0.05, 0) is 74.1 Å². The van der Waals surface area contributed by atoms with E-state index < -0.39 is 6.03 Å². The number of hydrogen-bond acceptors (Lipinski definition) is 7. The molecule has 2 heterocycles. The van der Waals surface area contributed by atoms with Gasteiger partial charge in [-0.15, -0.1) is 0 Å². The van der Waals surface area contributed by atoms with Gasteiger partial charge in [-0.3, -0.25) is 14.7 Å². The summed E-state index contributed by atoms with van der Waals surface area (Å²) in [6.07, 6.45) is 3.42. The number of anilines is 2. The van der Waals surface area contributed by atoms with Crippen LogP contribution in [-0.4, -0.2) is 77.8 Å². The van der Waals surface area contributed by atoms with Crippen LogP contribution in [0.4, 0.5) is 16.2 Å². The van der Waals surface area contributed by atoms with Gasteiger partial charge in [0, 0.05) is 54.9 Å². The predicted octanol–water partition coefficient (Wildman–Crippen LogP) is 4.02. The maximum absolute atomic E-state index is 13.5. The summed E-state index contributed by atoms with van der Waals surface area (Å²) in [5, 5.41) is 15.5. The lowest BCUT2D eigenvalue weighted by Gasteiger charge is -2.34. The molecule has 4 rings (SSSR count). The summed E-state index contributed by atoms with van der Waals surface area (Å²) in [5.74, 6) is 1.19. The number of nitrogens with one attached hydrogen (secondary N) is 2. The van der Waals surface area contributed by atoms with Crippen LogP contribution >= 0.6 is 0 Å². The summed E-state index contributed by atoms with van der Waals surface area (Å²) < 4.78 is 11.8. The number of aromatic nitrogens is 1. The summed E-state index contributed by atoms with van der Waals surface area (Å²) in [6.45, 7) is 5.59. The van der Waals surface area contributed by atoms with E-state index in [0.29, 0.717) is 41.5 Å². The molecule has 3 amide bonds. The summed E-state index contributed by atoms with van der Waals surface area (Å²) in [5.41, 5.74) is 2.97. The highest BCUT2D eigenvalue weighted by molar-refractivity contribution is 6.00. The van der Waals surface area contributed by atoms with Crippen molar-refractivity contribution < 1.29 is 24.2 Å². The normalized spacial score (nSPS) is 17.9. The van der Waals surface area contributed by atoms with E-state index in [4.69, 9.17) is 9.47 Å². The van der Waals surface area contributed by atoms with E-state index in [1.807, 2.05) is 26.1 Å². The Morgan fingerprint density at radius 2 is 1.83 bits per heavy atom. The fraction of sp³-hybridized carbons (Fsp3) is 0.387. The second-order valence-electron chi connectivity index (χ2n) is 10.6. The maximum Gasteiger partial charge on any atom is 0.323 e. The molecule has 0 bridgehead atoms. The van der Waals surface area contributed by atoms with Gasteiger partial charge in [-0.25, -0.2) is 4.79 Å². The fourth-order valence-electron chi connectivity index (χ4n) is 4.86. The molecule has 10 heteroatoms. The molecule has 1 aliphatic heterocycles. The van der Waals surface area contributed by atoms with Crippen LogP contribution < -0.4 is 20.1 Å². The van der Waals surface area contributed by atoms with Crippen LogP contribution in [0.15, 0.2) is 67.0 Å². The Morgan fingerprint density at radius 1 is 1.15 bits per heavy atom. The van der Waals surface area contributed by atoms with Crippen LogP contribution in [0.1, 0.15) is 25.0 Å². The standard InChI is InChI=1S/C31H39N5O5/c1-21-17-36(22(2)20-37)30(38)16-24-15-26(34-31(39)33-25-5-8-27(40-4)9-6-25)7-10-28(24)41-29(21)19-35(3)18-23-11-13-32-14-12-23/h5-15,21-22,29,37H,16-20H2,1-4H3,(H2,33,34,39)/t21-,22-,29+/m0/s1. The van der Waals surface area contributed by atoms with E-state index in [-0.39, 0.29) is 37.0 Å². The molecule has 218 valence electrons. The Labute approximate surface area is 241 Å². The lowest BCUT2D eigenvalue weighted by Crippen LogP contribution is -2.47. The Morgan fingerprint density at radius 3 is 2.51 bits per heavy atom. The zero-order valence-corrected chi connectivity index (χ0v) is 24.0. The summed E-state index contributed by atoms with van der Waals surface area (Å²) >= 11 is 0. The highest BCUT2D eigenvalue weighted by Crippen LogP contribution is 2.29. The molecule has 1 aliphatic rings. The molecular formula is C31H39N5O5. The molecule has 3 atom stereocenters. The van der Waals surface area contributed by atoms with Gasteiger partial charge in [-0.1, -0.05) is 6.92 Å². The van der Waals surface area contributed by atoms with Crippen LogP contribution in [-0.2, 0) is 17.8 Å². The number of likely N-dealkylation sites (N-methyl/N-ethyl adjacent to an activating group) is 1. The minimum Gasteiger partial charge on any atom is -0.497 e. The van der Waals surface area contributed by atoms with E-state index >= 15 is 0 Å². The molecular weight excluding hydrogens is 522 g/mol. The molecule has 2 aromatic carbocycles. The Hall–Kier alpha value is -4.15. The number of fused-ring (bicyclic) bond motifs is 1. The van der Waals surface area contributed by atoms with Crippen LogP contribution in [0.25, 0.3) is 0 Å². The third-order valence-electron chi connectivity index (χ3n) is 7.22. The number of amides is 3. The van der Waals surface area contributed by atoms with Gasteiger partial charge in [0.2, 0.25) is 5.91 Å². The summed E-state index contributed by atoms with van der Waals surface area (Å²) in [4.78, 5) is 34.2. The smallest absolute Gasteiger partial charge is 0.323 e. The Bertz CT molecular complexity index is 1300. The number of pyridine rings is 1. The van der Waals surface area contributed by atoms with Crippen molar-refractivity contribution >= 4 is 23.3 Å². The van der Waals surface area contributed by atoms with Crippen molar-refractivity contribution in [2.75, 3.05) is 44.5 Å². The van der Waals surface area contributed by atoms with E-state index in [1.165, 1.54) is 0 Å². The predicted molar refractivity (Wildman–Crippen MR) is 158 cm³/mol. The van der Waals surface area contributed by atoms with Crippen LogP contribution in [0.2, 0.25) is 0 Å². The van der Waals surface area contributed by atoms with Crippen LogP contribution in [0.5, 0.6) is 11.5 Å². The molecule has 0 saturated heterocycles. The molecule has 41 heavy (non-hydrogen) atoms. The average molecular weight is 562 g/mol. The largest absolute Gasteiger partial charge is 0.497 e. The number of methoxy groups -OCH3 is 1. The topological polar surface area (TPSA) is 116 Å². The first-order valence-electron chi connectivity index (χ1n) is 13.7. The molecule has 1 aromatic heterocycles. The fourth-order valence-corrected chi connectivity index (χ4v) is 4.86. The third kappa shape index (κ3) is 8.18. The van der Waals surface area contributed by atoms with Gasteiger partial charge in [-0.2, -0.15) is 0 Å². The molecule has 0 fully saturated rings. The van der Waals surface area contributed by atoms with Gasteiger partial charge in [0.25, 0.3) is 0 Å². The molecule has 0 unspecified atom stereocenters. The highest BCUT2D eigenvalue weighted by atomic mass is 16.5. The zero-order valence-electron chi connectivity index (χ0n) is 24.0. The molecule has 0 aliphatic carbocycles. The second-order valence-corrected chi connectivity index (χ2v) is 10.6. The maximum atomic E-state index is 13.5. The monoisotopic (exact) mass is 561 g/mol. The van der Waals surface area contributed by atoms with Crippen LogP contribution in [0, 0.1) is 5.92 Å². The molecule has 3 N–H and O–H groups in total. The van der Waals surface area contributed by atoms with Crippen molar-refractivity contribution in [3.63, 3.8) is 0 Å². The first-order chi connectivity index (χ1) is 19.7. The number of hydrogen-bond donors (Lipinski definition) is 3. The van der Waals surface area contributed by atoms with Crippen molar-refractivity contribution in [3.05, 3.63) is 78.1 Å². The summed E-state index contributed by atoms with van der Waals surface area (Å²) in [6, 6.07) is 15.6. The SMILES string of the molecule is COc1ccc(NC(=O)Nc2ccc3c(c2)CC(=O)N([C@@H](C)CO)C[C@H](C)[C@@H](CN(C)Cc2ccncc2)O3)cc1. The van der Waals surface area contributed by atoms with Crippen molar-refractivity contribution in [1.82, 2.24) is 14.8 Å². The lowest BCUT2D eigenvalue weighted by molar-refractivity contribution is -0.134. The van der Waals surface area contributed by atoms with E-state index in [9.17, 15) is 14.7 Å². The molecule has 0 radical (unpaired) electrons. The molecule has 0 saturated carbocycles. The summed E-state index contributed by atoms with van der Waals surface area (Å²) in [7, 11) is 3.62. The van der Waals surface area contributed by atoms with Crippen molar-refractivity contribution in [2.45, 2.75) is 39.0 Å².